The first kappa shape index (κ1) is 14.8. The molecule has 5 nitrogen and oxygen atoms in total. The summed E-state index contributed by atoms with van der Waals surface area (Å²) in [6.45, 7) is 0.585. The van der Waals surface area contributed by atoms with Crippen molar-refractivity contribution in [3.63, 3.8) is 0 Å². The van der Waals surface area contributed by atoms with Crippen LogP contribution in [0.1, 0.15) is 30.6 Å². The lowest BCUT2D eigenvalue weighted by Gasteiger charge is -2.28. The summed E-state index contributed by atoms with van der Waals surface area (Å²) in [5.41, 5.74) is -1.06. The summed E-state index contributed by atoms with van der Waals surface area (Å²) in [5.74, 6) is -0.921. The summed E-state index contributed by atoms with van der Waals surface area (Å²) in [5, 5.41) is 14.1. The number of amides is 2. The fraction of sp³-hybridized carbons (Fsp3) is 0.571. The Morgan fingerprint density at radius 3 is 2.70 bits per heavy atom. The Labute approximate surface area is 122 Å². The van der Waals surface area contributed by atoms with Crippen LogP contribution in [-0.2, 0) is 11.2 Å². The Bertz CT molecular complexity index is 467. The van der Waals surface area contributed by atoms with Crippen molar-refractivity contribution in [1.29, 1.82) is 0 Å². The molecule has 0 radical (unpaired) electrons. The molecule has 1 aliphatic carbocycles. The highest BCUT2D eigenvalue weighted by Crippen LogP contribution is 2.30. The first-order valence-corrected chi connectivity index (χ1v) is 7.70. The lowest BCUT2D eigenvalue weighted by molar-refractivity contribution is -0.144. The number of aliphatic carboxylic acids is 1. The number of carboxylic acid groups (broad SMARTS) is 1. The van der Waals surface area contributed by atoms with Crippen LogP contribution in [-0.4, -0.2) is 41.1 Å². The van der Waals surface area contributed by atoms with Crippen LogP contribution in [0, 0.1) is 0 Å². The van der Waals surface area contributed by atoms with E-state index < -0.39 is 11.5 Å². The minimum atomic E-state index is -1.06. The Balaban J connectivity index is 1.88. The minimum Gasteiger partial charge on any atom is -0.480 e. The van der Waals surface area contributed by atoms with Gasteiger partial charge in [-0.2, -0.15) is 0 Å². The molecule has 1 aliphatic rings. The van der Waals surface area contributed by atoms with Gasteiger partial charge in [-0.25, -0.2) is 9.59 Å². The van der Waals surface area contributed by atoms with Crippen molar-refractivity contribution < 1.29 is 14.7 Å². The predicted molar refractivity (Wildman–Crippen MR) is 78.0 cm³/mol. The van der Waals surface area contributed by atoms with Gasteiger partial charge in [0.25, 0.3) is 0 Å². The van der Waals surface area contributed by atoms with Crippen LogP contribution in [0.3, 0.4) is 0 Å². The van der Waals surface area contributed by atoms with Crippen molar-refractivity contribution in [2.75, 3.05) is 13.6 Å². The molecule has 1 saturated carbocycles. The molecule has 0 atom stereocenters. The molecular weight excluding hydrogens is 276 g/mol. The molecule has 110 valence electrons. The number of carbonyl (C=O) groups is 2. The second-order valence-corrected chi connectivity index (χ2v) is 6.31. The van der Waals surface area contributed by atoms with Gasteiger partial charge in [-0.05, 0) is 30.7 Å². The van der Waals surface area contributed by atoms with Crippen LogP contribution in [0.2, 0.25) is 0 Å². The summed E-state index contributed by atoms with van der Waals surface area (Å²) in [6, 6.07) is 3.72. The molecule has 1 aromatic rings. The molecule has 20 heavy (non-hydrogen) atoms. The van der Waals surface area contributed by atoms with Gasteiger partial charge in [-0.3, -0.25) is 0 Å². The minimum absolute atomic E-state index is 0.300. The lowest BCUT2D eigenvalue weighted by atomic mass is 9.98. The number of hydrogen-bond acceptors (Lipinski definition) is 3. The first-order chi connectivity index (χ1) is 9.53. The van der Waals surface area contributed by atoms with E-state index in [1.165, 1.54) is 4.88 Å². The smallest absolute Gasteiger partial charge is 0.329 e. The second kappa shape index (κ2) is 6.26. The highest BCUT2D eigenvalue weighted by atomic mass is 32.1. The molecule has 1 aromatic heterocycles. The van der Waals surface area contributed by atoms with E-state index in [4.69, 9.17) is 0 Å². The number of urea groups is 1. The highest BCUT2D eigenvalue weighted by molar-refractivity contribution is 7.09. The Kier molecular flexibility index (Phi) is 4.65. The van der Waals surface area contributed by atoms with E-state index in [0.717, 1.165) is 19.3 Å². The van der Waals surface area contributed by atoms with Crippen LogP contribution in [0.25, 0.3) is 0 Å². The van der Waals surface area contributed by atoms with Crippen molar-refractivity contribution >= 4 is 23.3 Å². The van der Waals surface area contributed by atoms with Crippen LogP contribution >= 0.6 is 11.3 Å². The van der Waals surface area contributed by atoms with Crippen molar-refractivity contribution in [2.45, 2.75) is 37.6 Å². The maximum absolute atomic E-state index is 12.1. The monoisotopic (exact) mass is 296 g/mol. The average Bonchev–Trinajstić information content (AvgIpc) is 3.07. The summed E-state index contributed by atoms with van der Waals surface area (Å²) < 4.78 is 0. The summed E-state index contributed by atoms with van der Waals surface area (Å²) in [6.07, 6.45) is 3.54. The third-order valence-electron chi connectivity index (χ3n) is 3.83. The van der Waals surface area contributed by atoms with E-state index in [1.54, 1.807) is 23.3 Å². The van der Waals surface area contributed by atoms with Crippen LogP contribution in [0.15, 0.2) is 17.5 Å². The molecule has 2 rings (SSSR count). The normalized spacial score (nSPS) is 16.9. The third-order valence-corrected chi connectivity index (χ3v) is 4.77. The van der Waals surface area contributed by atoms with Crippen molar-refractivity contribution in [3.8, 4) is 0 Å². The van der Waals surface area contributed by atoms with Gasteiger partial charge in [0.05, 0.1) is 0 Å². The maximum Gasteiger partial charge on any atom is 0.329 e. The fourth-order valence-corrected chi connectivity index (χ4v) is 3.20. The zero-order valence-electron chi connectivity index (χ0n) is 11.6. The quantitative estimate of drug-likeness (QED) is 0.876. The number of rotatable bonds is 5. The van der Waals surface area contributed by atoms with E-state index >= 15 is 0 Å². The van der Waals surface area contributed by atoms with Gasteiger partial charge in [0.2, 0.25) is 0 Å². The zero-order chi connectivity index (χ0) is 14.6. The van der Waals surface area contributed by atoms with Gasteiger partial charge in [0, 0.05) is 18.5 Å². The topological polar surface area (TPSA) is 69.6 Å². The number of carbonyl (C=O) groups excluding carboxylic acids is 1. The largest absolute Gasteiger partial charge is 0.480 e. The lowest BCUT2D eigenvalue weighted by Crippen LogP contribution is -2.55. The van der Waals surface area contributed by atoms with Gasteiger partial charge in [-0.1, -0.05) is 18.9 Å². The van der Waals surface area contributed by atoms with Crippen LogP contribution in [0.5, 0.6) is 0 Å². The number of likely N-dealkylation sites (N-methyl/N-ethyl adjacent to an activating group) is 1. The number of hydrogen-bond donors (Lipinski definition) is 2. The van der Waals surface area contributed by atoms with Gasteiger partial charge in [0.15, 0.2) is 0 Å². The maximum atomic E-state index is 12.1. The first-order valence-electron chi connectivity index (χ1n) is 6.82. The van der Waals surface area contributed by atoms with Crippen LogP contribution < -0.4 is 5.32 Å². The highest BCUT2D eigenvalue weighted by Gasteiger charge is 2.43. The van der Waals surface area contributed by atoms with E-state index in [0.29, 0.717) is 19.4 Å². The third kappa shape index (κ3) is 3.30. The standard InChI is InChI=1S/C14H20N2O3S/c1-16(9-6-11-5-4-10-20-11)13(19)15-14(12(17)18)7-2-3-8-14/h4-5,10H,2-3,6-9H2,1H3,(H,15,19)(H,17,18). The second-order valence-electron chi connectivity index (χ2n) is 5.28. The Hall–Kier alpha value is -1.56. The van der Waals surface area contributed by atoms with Gasteiger partial charge >= 0.3 is 12.0 Å². The molecule has 6 heteroatoms. The molecular formula is C14H20N2O3S. The van der Waals surface area contributed by atoms with Crippen molar-refractivity contribution in [1.82, 2.24) is 10.2 Å². The number of thiophene rings is 1. The molecule has 0 aromatic carbocycles. The van der Waals surface area contributed by atoms with Crippen molar-refractivity contribution in [2.24, 2.45) is 0 Å². The molecule has 0 bridgehead atoms. The van der Waals surface area contributed by atoms with E-state index in [1.807, 2.05) is 17.5 Å². The van der Waals surface area contributed by atoms with Gasteiger partial charge in [0.1, 0.15) is 5.54 Å². The predicted octanol–water partition coefficient (Wildman–Crippen LogP) is 2.33. The number of nitrogens with zero attached hydrogens (tertiary/aromatic N) is 1. The molecule has 0 saturated heterocycles. The molecule has 0 unspecified atom stereocenters. The number of nitrogens with one attached hydrogen (secondary N) is 1. The van der Waals surface area contributed by atoms with Crippen molar-refractivity contribution in [3.05, 3.63) is 22.4 Å². The summed E-state index contributed by atoms with van der Waals surface area (Å²) >= 11 is 1.66. The molecule has 1 heterocycles. The SMILES string of the molecule is CN(CCc1cccs1)C(=O)NC1(C(=O)O)CCCC1. The van der Waals surface area contributed by atoms with E-state index in [9.17, 15) is 14.7 Å². The summed E-state index contributed by atoms with van der Waals surface area (Å²) in [4.78, 5) is 26.3. The average molecular weight is 296 g/mol. The molecule has 0 spiro atoms. The Morgan fingerprint density at radius 2 is 2.15 bits per heavy atom. The fourth-order valence-electron chi connectivity index (χ4n) is 2.51. The molecule has 2 amide bonds. The molecule has 0 aliphatic heterocycles. The van der Waals surface area contributed by atoms with Gasteiger partial charge in [-0.15, -0.1) is 11.3 Å². The summed E-state index contributed by atoms with van der Waals surface area (Å²) in [7, 11) is 1.70. The Morgan fingerprint density at radius 1 is 1.45 bits per heavy atom. The van der Waals surface area contributed by atoms with Crippen LogP contribution in [0.4, 0.5) is 4.79 Å². The molecule has 1 fully saturated rings. The van der Waals surface area contributed by atoms with E-state index in [-0.39, 0.29) is 6.03 Å². The number of carboxylic acids is 1. The van der Waals surface area contributed by atoms with Gasteiger partial charge < -0.3 is 15.3 Å². The van der Waals surface area contributed by atoms with E-state index in [2.05, 4.69) is 5.32 Å². The zero-order valence-corrected chi connectivity index (χ0v) is 12.4. The molecule has 2 N–H and O–H groups in total.